The minimum absolute atomic E-state index is 0.0185. The molecule has 3 aromatic rings. The van der Waals surface area contributed by atoms with Gasteiger partial charge in [0.2, 0.25) is 11.8 Å². The third kappa shape index (κ3) is 5.30. The Bertz CT molecular complexity index is 868. The van der Waals surface area contributed by atoms with Crippen molar-refractivity contribution in [3.63, 3.8) is 0 Å². The first-order valence-corrected chi connectivity index (χ1v) is 9.46. The molecule has 0 radical (unpaired) electrons. The fourth-order valence-corrected chi connectivity index (χ4v) is 3.03. The van der Waals surface area contributed by atoms with E-state index in [1.807, 2.05) is 37.3 Å². The number of carbonyl (C=O) groups excluding carboxylic acids is 1. The maximum absolute atomic E-state index is 12.3. The first kappa shape index (κ1) is 18.9. The smallest absolute Gasteiger partial charge is 0.277 e. The highest BCUT2D eigenvalue weighted by Gasteiger charge is 2.14. The molecule has 0 aliphatic rings. The van der Waals surface area contributed by atoms with Crippen LogP contribution in [0, 0.1) is 0 Å². The summed E-state index contributed by atoms with van der Waals surface area (Å²) in [5.41, 5.74) is 1.78. The summed E-state index contributed by atoms with van der Waals surface area (Å²) in [6.07, 6.45) is 3.33. The summed E-state index contributed by atoms with van der Waals surface area (Å²) >= 11 is 1.22. The molecular formula is C19H20N4O3S. The lowest BCUT2D eigenvalue weighted by Gasteiger charge is -2.17. The van der Waals surface area contributed by atoms with Crippen LogP contribution in [0.2, 0.25) is 0 Å². The van der Waals surface area contributed by atoms with E-state index < -0.39 is 0 Å². The van der Waals surface area contributed by atoms with E-state index in [-0.39, 0.29) is 11.7 Å². The van der Waals surface area contributed by atoms with E-state index in [0.717, 1.165) is 16.9 Å². The number of rotatable bonds is 8. The summed E-state index contributed by atoms with van der Waals surface area (Å²) in [5, 5.41) is 8.31. The normalized spacial score (nSPS) is 10.6. The molecule has 140 valence electrons. The zero-order valence-electron chi connectivity index (χ0n) is 15.2. The van der Waals surface area contributed by atoms with Gasteiger partial charge in [-0.15, -0.1) is 10.2 Å². The summed E-state index contributed by atoms with van der Waals surface area (Å²) in [6, 6.07) is 11.4. The largest absolute Gasteiger partial charge is 0.494 e. The van der Waals surface area contributed by atoms with Gasteiger partial charge >= 0.3 is 0 Å². The maximum atomic E-state index is 12.3. The Kier molecular flexibility index (Phi) is 6.43. The SMILES string of the molecule is CCOc1ccc(CN(C)C(=O)CSc2nnc(-c3cccnc3)o2)cc1. The van der Waals surface area contributed by atoms with Crippen molar-refractivity contribution in [3.8, 4) is 17.2 Å². The Hall–Kier alpha value is -2.87. The third-order valence-corrected chi connectivity index (χ3v) is 4.52. The number of carbonyl (C=O) groups is 1. The van der Waals surface area contributed by atoms with Crippen LogP contribution >= 0.6 is 11.8 Å². The van der Waals surface area contributed by atoms with Gasteiger partial charge in [-0.2, -0.15) is 0 Å². The van der Waals surface area contributed by atoms with Gasteiger partial charge in [0.05, 0.1) is 17.9 Å². The third-order valence-electron chi connectivity index (χ3n) is 3.71. The van der Waals surface area contributed by atoms with Crippen molar-refractivity contribution in [2.45, 2.75) is 18.7 Å². The number of ether oxygens (including phenoxy) is 1. The summed E-state index contributed by atoms with van der Waals surface area (Å²) in [4.78, 5) is 18.0. The van der Waals surface area contributed by atoms with Crippen LogP contribution in [0.15, 0.2) is 58.4 Å². The topological polar surface area (TPSA) is 81.4 Å². The molecule has 0 aliphatic carbocycles. The Balaban J connectivity index is 1.50. The number of aromatic nitrogens is 3. The first-order chi connectivity index (χ1) is 13.2. The molecule has 2 heterocycles. The van der Waals surface area contributed by atoms with Crippen molar-refractivity contribution in [1.82, 2.24) is 20.1 Å². The zero-order valence-corrected chi connectivity index (χ0v) is 16.0. The summed E-state index contributed by atoms with van der Waals surface area (Å²) in [6.45, 7) is 3.10. The van der Waals surface area contributed by atoms with E-state index in [2.05, 4.69) is 15.2 Å². The van der Waals surface area contributed by atoms with Crippen LogP contribution in [-0.4, -0.2) is 45.4 Å². The van der Waals surface area contributed by atoms with Crippen LogP contribution in [0.1, 0.15) is 12.5 Å². The second-order valence-corrected chi connectivity index (χ2v) is 6.66. The molecule has 8 heteroatoms. The van der Waals surface area contributed by atoms with Gasteiger partial charge in [-0.1, -0.05) is 23.9 Å². The molecule has 1 amide bonds. The standard InChI is InChI=1S/C19H20N4O3S/c1-3-25-16-8-6-14(7-9-16)12-23(2)17(24)13-27-19-22-21-18(26-19)15-5-4-10-20-11-15/h4-11H,3,12-13H2,1-2H3. The molecule has 2 aromatic heterocycles. The van der Waals surface area contributed by atoms with Crippen molar-refractivity contribution < 1.29 is 13.9 Å². The molecule has 0 atom stereocenters. The Morgan fingerprint density at radius 3 is 2.74 bits per heavy atom. The second kappa shape index (κ2) is 9.18. The van der Waals surface area contributed by atoms with E-state index >= 15 is 0 Å². The van der Waals surface area contributed by atoms with Gasteiger partial charge in [0.25, 0.3) is 5.22 Å². The first-order valence-electron chi connectivity index (χ1n) is 8.48. The minimum Gasteiger partial charge on any atom is -0.494 e. The Morgan fingerprint density at radius 2 is 2.04 bits per heavy atom. The van der Waals surface area contributed by atoms with E-state index in [1.165, 1.54) is 11.8 Å². The highest BCUT2D eigenvalue weighted by Crippen LogP contribution is 2.22. The molecule has 27 heavy (non-hydrogen) atoms. The predicted octanol–water partition coefficient (Wildman–Crippen LogP) is 3.28. The number of nitrogens with zero attached hydrogens (tertiary/aromatic N) is 4. The van der Waals surface area contributed by atoms with E-state index in [1.54, 1.807) is 30.4 Å². The summed E-state index contributed by atoms with van der Waals surface area (Å²) < 4.78 is 11.0. The molecular weight excluding hydrogens is 364 g/mol. The molecule has 7 nitrogen and oxygen atoms in total. The van der Waals surface area contributed by atoms with Gasteiger partial charge in [-0.25, -0.2) is 0 Å². The fraction of sp³-hybridized carbons (Fsp3) is 0.263. The number of thioether (sulfide) groups is 1. The zero-order chi connectivity index (χ0) is 19.1. The van der Waals surface area contributed by atoms with Crippen LogP contribution in [0.4, 0.5) is 0 Å². The molecule has 0 saturated carbocycles. The van der Waals surface area contributed by atoms with Crippen LogP contribution in [0.5, 0.6) is 5.75 Å². The number of hydrogen-bond donors (Lipinski definition) is 0. The highest BCUT2D eigenvalue weighted by molar-refractivity contribution is 7.99. The molecule has 1 aromatic carbocycles. The van der Waals surface area contributed by atoms with Crippen LogP contribution in [0.25, 0.3) is 11.5 Å². The predicted molar refractivity (Wildman–Crippen MR) is 102 cm³/mol. The number of hydrogen-bond acceptors (Lipinski definition) is 7. The highest BCUT2D eigenvalue weighted by atomic mass is 32.2. The Morgan fingerprint density at radius 1 is 1.22 bits per heavy atom. The van der Waals surface area contributed by atoms with Gasteiger partial charge in [0, 0.05) is 26.0 Å². The van der Waals surface area contributed by atoms with Crippen molar-refractivity contribution in [3.05, 3.63) is 54.4 Å². The second-order valence-electron chi connectivity index (χ2n) is 5.73. The lowest BCUT2D eigenvalue weighted by atomic mass is 10.2. The summed E-state index contributed by atoms with van der Waals surface area (Å²) in [7, 11) is 1.77. The van der Waals surface area contributed by atoms with Gasteiger partial charge < -0.3 is 14.1 Å². The number of amides is 1. The molecule has 3 rings (SSSR count). The molecule has 0 N–H and O–H groups in total. The lowest BCUT2D eigenvalue weighted by molar-refractivity contribution is -0.127. The van der Waals surface area contributed by atoms with Gasteiger partial charge in [0.1, 0.15) is 5.75 Å². The summed E-state index contributed by atoms with van der Waals surface area (Å²) in [5.74, 6) is 1.42. The molecule has 0 aliphatic heterocycles. The maximum Gasteiger partial charge on any atom is 0.277 e. The van der Waals surface area contributed by atoms with Crippen molar-refractivity contribution in [1.29, 1.82) is 0 Å². The average molecular weight is 384 g/mol. The quantitative estimate of drug-likeness (QED) is 0.551. The van der Waals surface area contributed by atoms with Crippen molar-refractivity contribution in [2.75, 3.05) is 19.4 Å². The molecule has 0 unspecified atom stereocenters. The van der Waals surface area contributed by atoms with Gasteiger partial charge in [0.15, 0.2) is 0 Å². The van der Waals surface area contributed by atoms with Gasteiger partial charge in [-0.05, 0) is 36.8 Å². The minimum atomic E-state index is -0.0185. The lowest BCUT2D eigenvalue weighted by Crippen LogP contribution is -2.27. The van der Waals surface area contributed by atoms with E-state index in [9.17, 15) is 4.79 Å². The van der Waals surface area contributed by atoms with Crippen LogP contribution in [0.3, 0.4) is 0 Å². The monoisotopic (exact) mass is 384 g/mol. The number of benzene rings is 1. The van der Waals surface area contributed by atoms with E-state index in [0.29, 0.717) is 24.3 Å². The van der Waals surface area contributed by atoms with E-state index in [4.69, 9.17) is 9.15 Å². The van der Waals surface area contributed by atoms with Crippen LogP contribution in [-0.2, 0) is 11.3 Å². The molecule has 0 fully saturated rings. The van der Waals surface area contributed by atoms with Crippen molar-refractivity contribution in [2.24, 2.45) is 0 Å². The molecule has 0 saturated heterocycles. The molecule has 0 bridgehead atoms. The fourth-order valence-electron chi connectivity index (χ4n) is 2.33. The average Bonchev–Trinajstić information content (AvgIpc) is 3.17. The number of pyridine rings is 1. The van der Waals surface area contributed by atoms with Crippen molar-refractivity contribution >= 4 is 17.7 Å². The molecule has 0 spiro atoms. The Labute approximate surface area is 161 Å². The van der Waals surface area contributed by atoms with Gasteiger partial charge in [-0.3, -0.25) is 9.78 Å². The van der Waals surface area contributed by atoms with Crippen LogP contribution < -0.4 is 4.74 Å².